The topological polar surface area (TPSA) is 57.7 Å². The van der Waals surface area contributed by atoms with Crippen molar-refractivity contribution in [3.8, 4) is 0 Å². The van der Waals surface area contributed by atoms with Crippen molar-refractivity contribution in [1.29, 1.82) is 0 Å². The van der Waals surface area contributed by atoms with Gasteiger partial charge in [-0.1, -0.05) is 23.3 Å². The van der Waals surface area contributed by atoms with Crippen molar-refractivity contribution in [2.45, 2.75) is 38.0 Å². The molecular formula is C22H26N2O3S. The van der Waals surface area contributed by atoms with Crippen LogP contribution in [-0.4, -0.2) is 49.7 Å². The van der Waals surface area contributed by atoms with Gasteiger partial charge in [-0.15, -0.1) is 0 Å². The van der Waals surface area contributed by atoms with Crippen molar-refractivity contribution in [1.82, 2.24) is 9.21 Å². The average Bonchev–Trinajstić information content (AvgIpc) is 3.14. The Morgan fingerprint density at radius 2 is 1.50 bits per heavy atom. The van der Waals surface area contributed by atoms with Gasteiger partial charge in [0.05, 0.1) is 4.90 Å². The van der Waals surface area contributed by atoms with E-state index in [1.165, 1.54) is 9.87 Å². The highest BCUT2D eigenvalue weighted by molar-refractivity contribution is 7.89. The maximum absolute atomic E-state index is 13.0. The van der Waals surface area contributed by atoms with Gasteiger partial charge in [-0.2, -0.15) is 4.31 Å². The van der Waals surface area contributed by atoms with Gasteiger partial charge in [0.1, 0.15) is 0 Å². The van der Waals surface area contributed by atoms with E-state index in [4.69, 9.17) is 0 Å². The molecule has 0 radical (unpaired) electrons. The molecule has 2 aromatic rings. The van der Waals surface area contributed by atoms with E-state index in [-0.39, 0.29) is 5.91 Å². The summed E-state index contributed by atoms with van der Waals surface area (Å²) in [6.07, 6.45) is 3.09. The van der Waals surface area contributed by atoms with Gasteiger partial charge >= 0.3 is 0 Å². The monoisotopic (exact) mass is 398 g/mol. The minimum atomic E-state index is -3.52. The molecule has 1 heterocycles. The van der Waals surface area contributed by atoms with Crippen molar-refractivity contribution >= 4 is 15.9 Å². The Morgan fingerprint density at radius 3 is 2.18 bits per heavy atom. The fourth-order valence-corrected chi connectivity index (χ4v) is 5.74. The number of hydrogen-bond donors (Lipinski definition) is 0. The third-order valence-electron chi connectivity index (χ3n) is 5.70. The van der Waals surface area contributed by atoms with Crippen molar-refractivity contribution in [2.24, 2.45) is 0 Å². The molecule has 0 N–H and O–H groups in total. The maximum Gasteiger partial charge on any atom is 0.253 e. The molecule has 2 aliphatic rings. The number of hydrogen-bond acceptors (Lipinski definition) is 3. The minimum absolute atomic E-state index is 0.0265. The van der Waals surface area contributed by atoms with E-state index in [1.807, 2.05) is 44.2 Å². The number of aryl methyl sites for hydroxylation is 4. The van der Waals surface area contributed by atoms with Crippen LogP contribution < -0.4 is 0 Å². The van der Waals surface area contributed by atoms with E-state index >= 15 is 0 Å². The molecule has 2 aromatic carbocycles. The van der Waals surface area contributed by atoms with E-state index in [0.29, 0.717) is 36.6 Å². The van der Waals surface area contributed by atoms with Crippen molar-refractivity contribution in [2.75, 3.05) is 26.2 Å². The average molecular weight is 399 g/mol. The summed E-state index contributed by atoms with van der Waals surface area (Å²) in [6, 6.07) is 11.3. The Bertz CT molecular complexity index is 1000. The van der Waals surface area contributed by atoms with E-state index in [1.54, 1.807) is 11.0 Å². The second-order valence-electron chi connectivity index (χ2n) is 7.86. The highest BCUT2D eigenvalue weighted by Gasteiger charge is 2.31. The zero-order chi connectivity index (χ0) is 19.9. The summed E-state index contributed by atoms with van der Waals surface area (Å²) in [6.45, 7) is 5.44. The number of rotatable bonds is 3. The fourth-order valence-electron chi connectivity index (χ4n) is 4.27. The summed E-state index contributed by atoms with van der Waals surface area (Å²) >= 11 is 0. The third-order valence-corrected chi connectivity index (χ3v) is 7.60. The van der Waals surface area contributed by atoms with Crippen molar-refractivity contribution < 1.29 is 13.2 Å². The summed E-state index contributed by atoms with van der Waals surface area (Å²) in [4.78, 5) is 14.9. The molecule has 0 unspecified atom stereocenters. The number of benzene rings is 2. The largest absolute Gasteiger partial charge is 0.336 e. The lowest BCUT2D eigenvalue weighted by Gasteiger charge is -2.34. The molecule has 0 spiro atoms. The molecule has 1 fully saturated rings. The summed E-state index contributed by atoms with van der Waals surface area (Å²) in [7, 11) is -3.52. The summed E-state index contributed by atoms with van der Waals surface area (Å²) < 4.78 is 27.6. The Labute approximate surface area is 167 Å². The van der Waals surface area contributed by atoms with E-state index < -0.39 is 10.0 Å². The van der Waals surface area contributed by atoms with Gasteiger partial charge in [0.15, 0.2) is 0 Å². The van der Waals surface area contributed by atoms with Crippen LogP contribution in [0.2, 0.25) is 0 Å². The number of carbonyl (C=O) groups excluding carboxylic acids is 1. The molecule has 0 saturated carbocycles. The normalized spacial score (nSPS) is 17.6. The van der Waals surface area contributed by atoms with Crippen LogP contribution in [-0.2, 0) is 22.9 Å². The number of piperazine rings is 1. The fraction of sp³-hybridized carbons (Fsp3) is 0.409. The second-order valence-corrected chi connectivity index (χ2v) is 9.79. The quantitative estimate of drug-likeness (QED) is 0.799. The molecule has 148 valence electrons. The molecule has 0 atom stereocenters. The Hall–Kier alpha value is -2.18. The zero-order valence-electron chi connectivity index (χ0n) is 16.4. The standard InChI is InChI=1S/C22H26N2O3S/c1-16-12-17(2)14-20(13-16)22(25)23-8-10-24(11-9-23)28(26,27)21-7-6-18-4-3-5-19(18)15-21/h6-7,12-15H,3-5,8-11H2,1-2H3. The van der Waals surface area contributed by atoms with E-state index in [2.05, 4.69) is 0 Å². The molecule has 0 aromatic heterocycles. The summed E-state index contributed by atoms with van der Waals surface area (Å²) in [5.41, 5.74) is 5.21. The lowest BCUT2D eigenvalue weighted by atomic mass is 10.1. The van der Waals surface area contributed by atoms with Crippen LogP contribution in [0.3, 0.4) is 0 Å². The van der Waals surface area contributed by atoms with Gasteiger partial charge in [0.25, 0.3) is 5.91 Å². The van der Waals surface area contributed by atoms with Crippen LogP contribution in [0.5, 0.6) is 0 Å². The highest BCUT2D eigenvalue weighted by Crippen LogP contribution is 2.27. The smallest absolute Gasteiger partial charge is 0.253 e. The van der Waals surface area contributed by atoms with Crippen molar-refractivity contribution in [3.05, 3.63) is 64.2 Å². The van der Waals surface area contributed by atoms with Crippen molar-refractivity contribution in [3.63, 3.8) is 0 Å². The Morgan fingerprint density at radius 1 is 0.857 bits per heavy atom. The summed E-state index contributed by atoms with van der Waals surface area (Å²) in [5, 5.41) is 0. The van der Waals surface area contributed by atoms with Crippen LogP contribution in [0.4, 0.5) is 0 Å². The van der Waals surface area contributed by atoms with Crippen LogP contribution in [0.25, 0.3) is 0 Å². The molecule has 1 amide bonds. The third kappa shape index (κ3) is 3.59. The van der Waals surface area contributed by atoms with E-state index in [9.17, 15) is 13.2 Å². The molecule has 4 rings (SSSR count). The van der Waals surface area contributed by atoms with Crippen LogP contribution in [0.1, 0.15) is 39.0 Å². The molecule has 1 aliphatic carbocycles. The first-order valence-corrected chi connectivity index (χ1v) is 11.3. The first-order chi connectivity index (χ1) is 13.3. The van der Waals surface area contributed by atoms with Gasteiger partial charge in [0.2, 0.25) is 10.0 Å². The zero-order valence-corrected chi connectivity index (χ0v) is 17.3. The highest BCUT2D eigenvalue weighted by atomic mass is 32.2. The predicted octanol–water partition coefficient (Wildman–Crippen LogP) is 2.94. The molecule has 1 saturated heterocycles. The number of sulfonamides is 1. The SMILES string of the molecule is Cc1cc(C)cc(C(=O)N2CCN(S(=O)(=O)c3ccc4c(c3)CCC4)CC2)c1. The molecule has 1 aliphatic heterocycles. The lowest BCUT2D eigenvalue weighted by molar-refractivity contribution is 0.0697. The Kier molecular flexibility index (Phi) is 5.02. The second kappa shape index (κ2) is 7.33. The maximum atomic E-state index is 13.0. The minimum Gasteiger partial charge on any atom is -0.336 e. The van der Waals surface area contributed by atoms with Crippen LogP contribution >= 0.6 is 0 Å². The number of nitrogens with zero attached hydrogens (tertiary/aromatic N) is 2. The molecule has 0 bridgehead atoms. The lowest BCUT2D eigenvalue weighted by Crippen LogP contribution is -2.50. The summed E-state index contributed by atoms with van der Waals surface area (Å²) in [5.74, 6) is -0.0265. The van der Waals surface area contributed by atoms with Gasteiger partial charge in [-0.25, -0.2) is 8.42 Å². The van der Waals surface area contributed by atoms with E-state index in [0.717, 1.165) is 36.0 Å². The molecule has 28 heavy (non-hydrogen) atoms. The Balaban J connectivity index is 1.47. The van der Waals surface area contributed by atoms with Gasteiger partial charge in [-0.05, 0) is 68.5 Å². The first kappa shape index (κ1) is 19.2. The van der Waals surface area contributed by atoms with Gasteiger partial charge < -0.3 is 4.90 Å². The van der Waals surface area contributed by atoms with Gasteiger partial charge in [-0.3, -0.25) is 4.79 Å². The number of amides is 1. The molecular weight excluding hydrogens is 372 g/mol. The first-order valence-electron chi connectivity index (χ1n) is 9.84. The van der Waals surface area contributed by atoms with Crippen LogP contribution in [0, 0.1) is 13.8 Å². The van der Waals surface area contributed by atoms with Gasteiger partial charge in [0, 0.05) is 31.7 Å². The van der Waals surface area contributed by atoms with Crippen LogP contribution in [0.15, 0.2) is 41.3 Å². The number of fused-ring (bicyclic) bond motifs is 1. The predicted molar refractivity (Wildman–Crippen MR) is 109 cm³/mol. The molecule has 6 heteroatoms. The number of carbonyl (C=O) groups is 1. The molecule has 5 nitrogen and oxygen atoms in total.